The van der Waals surface area contributed by atoms with Crippen LogP contribution in [0.5, 0.6) is 0 Å². The van der Waals surface area contributed by atoms with E-state index in [0.29, 0.717) is 6.54 Å². The van der Waals surface area contributed by atoms with Crippen molar-refractivity contribution in [2.75, 3.05) is 13.1 Å². The molecule has 3 nitrogen and oxygen atoms in total. The molecule has 0 saturated heterocycles. The summed E-state index contributed by atoms with van der Waals surface area (Å²) in [4.78, 5) is 0. The van der Waals surface area contributed by atoms with Gasteiger partial charge in [0.15, 0.2) is 6.29 Å². The molecule has 0 unspecified atom stereocenters. The second-order valence-electron chi connectivity index (χ2n) is 1.43. The fourth-order valence-electron chi connectivity index (χ4n) is 0.314. The van der Waals surface area contributed by atoms with Crippen molar-refractivity contribution < 1.29 is 10.2 Å². The largest absolute Gasteiger partial charge is 0.367 e. The van der Waals surface area contributed by atoms with Gasteiger partial charge in [0.25, 0.3) is 0 Å². The summed E-state index contributed by atoms with van der Waals surface area (Å²) in [6, 6.07) is 0. The maximum atomic E-state index is 8.24. The van der Waals surface area contributed by atoms with Crippen molar-refractivity contribution in [2.24, 2.45) is 0 Å². The second kappa shape index (κ2) is 4.77. The van der Waals surface area contributed by atoms with Crippen molar-refractivity contribution in [1.82, 2.24) is 5.32 Å². The zero-order valence-corrected chi connectivity index (χ0v) is 4.67. The monoisotopic (exact) mass is 117 g/mol. The Hall–Kier alpha value is -0.380. The van der Waals surface area contributed by atoms with E-state index in [2.05, 4.69) is 11.9 Å². The molecule has 0 aromatic carbocycles. The normalized spacial score (nSPS) is 9.88. The van der Waals surface area contributed by atoms with E-state index in [1.807, 2.05) is 0 Å². The fourth-order valence-corrected chi connectivity index (χ4v) is 0.314. The molecule has 0 fully saturated rings. The van der Waals surface area contributed by atoms with Gasteiger partial charge in [0, 0.05) is 13.1 Å². The second-order valence-corrected chi connectivity index (χ2v) is 1.43. The summed E-state index contributed by atoms with van der Waals surface area (Å²) in [7, 11) is 0. The van der Waals surface area contributed by atoms with Crippen LogP contribution in [0.4, 0.5) is 0 Å². The summed E-state index contributed by atoms with van der Waals surface area (Å²) >= 11 is 0. The van der Waals surface area contributed by atoms with E-state index >= 15 is 0 Å². The Morgan fingerprint density at radius 2 is 2.25 bits per heavy atom. The predicted octanol–water partition coefficient (Wildman–Crippen LogP) is -0.927. The molecule has 0 rings (SSSR count). The van der Waals surface area contributed by atoms with E-state index in [1.54, 1.807) is 6.08 Å². The standard InChI is InChI=1S/C5H11NO2/c1-2-3-6-4-5(7)8/h2,5-8H,1,3-4H2. The molecule has 0 saturated carbocycles. The van der Waals surface area contributed by atoms with Crippen molar-refractivity contribution in [3.63, 3.8) is 0 Å². The Bertz CT molecular complexity index is 63.4. The highest BCUT2D eigenvalue weighted by molar-refractivity contribution is 4.69. The molecule has 0 aliphatic carbocycles. The van der Waals surface area contributed by atoms with Crippen molar-refractivity contribution in [1.29, 1.82) is 0 Å². The Kier molecular flexibility index (Phi) is 4.54. The Morgan fingerprint density at radius 3 is 2.62 bits per heavy atom. The average molecular weight is 117 g/mol. The summed E-state index contributed by atoms with van der Waals surface area (Å²) in [5.74, 6) is 0. The predicted molar refractivity (Wildman–Crippen MR) is 31.3 cm³/mol. The molecule has 0 aromatic heterocycles. The molecule has 0 aliphatic rings. The minimum atomic E-state index is -1.25. The number of aliphatic hydroxyl groups excluding tert-OH is 1. The third-order valence-corrected chi connectivity index (χ3v) is 0.616. The lowest BCUT2D eigenvalue weighted by molar-refractivity contribution is -0.0365. The van der Waals surface area contributed by atoms with Crippen molar-refractivity contribution in [3.05, 3.63) is 12.7 Å². The van der Waals surface area contributed by atoms with E-state index in [1.165, 1.54) is 0 Å². The van der Waals surface area contributed by atoms with E-state index in [4.69, 9.17) is 10.2 Å². The third-order valence-electron chi connectivity index (χ3n) is 0.616. The zero-order valence-electron chi connectivity index (χ0n) is 4.67. The van der Waals surface area contributed by atoms with Crippen molar-refractivity contribution >= 4 is 0 Å². The summed E-state index contributed by atoms with van der Waals surface area (Å²) in [6.07, 6.45) is 0.400. The van der Waals surface area contributed by atoms with Gasteiger partial charge in [-0.15, -0.1) is 6.58 Å². The SMILES string of the molecule is C=CCNCC(O)O. The van der Waals surface area contributed by atoms with Crippen LogP contribution in [0.25, 0.3) is 0 Å². The van der Waals surface area contributed by atoms with Gasteiger partial charge in [-0.05, 0) is 0 Å². The molecule has 0 spiro atoms. The smallest absolute Gasteiger partial charge is 0.164 e. The molecule has 0 bridgehead atoms. The van der Waals surface area contributed by atoms with E-state index in [-0.39, 0.29) is 6.54 Å². The summed E-state index contributed by atoms with van der Waals surface area (Å²) in [5.41, 5.74) is 0. The molecule has 48 valence electrons. The van der Waals surface area contributed by atoms with Crippen molar-refractivity contribution in [3.8, 4) is 0 Å². The van der Waals surface area contributed by atoms with Gasteiger partial charge >= 0.3 is 0 Å². The number of hydrogen-bond donors (Lipinski definition) is 3. The Labute approximate surface area is 48.6 Å². The first kappa shape index (κ1) is 7.62. The first-order valence-electron chi connectivity index (χ1n) is 2.45. The van der Waals surface area contributed by atoms with Crippen LogP contribution in [0.1, 0.15) is 0 Å². The average Bonchev–Trinajstić information content (AvgIpc) is 1.66. The highest BCUT2D eigenvalue weighted by Crippen LogP contribution is 1.68. The Balaban J connectivity index is 2.81. The van der Waals surface area contributed by atoms with Gasteiger partial charge in [-0.25, -0.2) is 0 Å². The highest BCUT2D eigenvalue weighted by Gasteiger charge is 1.91. The lowest BCUT2D eigenvalue weighted by Gasteiger charge is -2.01. The minimum absolute atomic E-state index is 0.200. The van der Waals surface area contributed by atoms with E-state index < -0.39 is 6.29 Å². The van der Waals surface area contributed by atoms with Gasteiger partial charge in [0.05, 0.1) is 0 Å². The molecule has 0 heterocycles. The van der Waals surface area contributed by atoms with Crippen LogP contribution in [0.2, 0.25) is 0 Å². The molecular weight excluding hydrogens is 106 g/mol. The number of hydrogen-bond acceptors (Lipinski definition) is 3. The van der Waals surface area contributed by atoms with Crippen LogP contribution >= 0.6 is 0 Å². The van der Waals surface area contributed by atoms with Gasteiger partial charge in [-0.3, -0.25) is 0 Å². The van der Waals surface area contributed by atoms with Crippen LogP contribution in [0.3, 0.4) is 0 Å². The van der Waals surface area contributed by atoms with Crippen LogP contribution < -0.4 is 5.32 Å². The lowest BCUT2D eigenvalue weighted by atomic mass is 10.5. The fraction of sp³-hybridized carbons (Fsp3) is 0.600. The topological polar surface area (TPSA) is 52.5 Å². The van der Waals surface area contributed by atoms with E-state index in [9.17, 15) is 0 Å². The first-order chi connectivity index (χ1) is 3.77. The maximum Gasteiger partial charge on any atom is 0.164 e. The molecule has 8 heavy (non-hydrogen) atoms. The summed E-state index contributed by atoms with van der Waals surface area (Å²) in [5, 5.41) is 19.2. The molecule has 0 radical (unpaired) electrons. The first-order valence-corrected chi connectivity index (χ1v) is 2.45. The highest BCUT2D eigenvalue weighted by atomic mass is 16.5. The molecular formula is C5H11NO2. The third kappa shape index (κ3) is 5.62. The molecule has 0 aliphatic heterocycles. The van der Waals surface area contributed by atoms with Crippen LogP contribution in [-0.4, -0.2) is 29.6 Å². The quantitative estimate of drug-likeness (QED) is 0.253. The van der Waals surface area contributed by atoms with Gasteiger partial charge in [-0.1, -0.05) is 6.08 Å². The minimum Gasteiger partial charge on any atom is -0.367 e. The zero-order chi connectivity index (χ0) is 6.41. The number of nitrogens with one attached hydrogen (secondary N) is 1. The lowest BCUT2D eigenvalue weighted by Crippen LogP contribution is -2.26. The van der Waals surface area contributed by atoms with E-state index in [0.717, 1.165) is 0 Å². The van der Waals surface area contributed by atoms with Gasteiger partial charge in [0.1, 0.15) is 0 Å². The molecule has 3 N–H and O–H groups in total. The van der Waals surface area contributed by atoms with Gasteiger partial charge < -0.3 is 15.5 Å². The molecule has 0 aromatic rings. The Morgan fingerprint density at radius 1 is 1.62 bits per heavy atom. The van der Waals surface area contributed by atoms with Crippen molar-refractivity contribution in [2.45, 2.75) is 6.29 Å². The van der Waals surface area contributed by atoms with Gasteiger partial charge in [-0.2, -0.15) is 0 Å². The van der Waals surface area contributed by atoms with Crippen LogP contribution in [0.15, 0.2) is 12.7 Å². The molecule has 0 amide bonds. The summed E-state index contributed by atoms with van der Waals surface area (Å²) < 4.78 is 0. The number of aliphatic hydroxyl groups is 2. The van der Waals surface area contributed by atoms with Gasteiger partial charge in [0.2, 0.25) is 0 Å². The summed E-state index contributed by atoms with van der Waals surface area (Å²) in [6.45, 7) is 4.24. The molecule has 0 atom stereocenters. The van der Waals surface area contributed by atoms with Crippen LogP contribution in [0, 0.1) is 0 Å². The maximum absolute atomic E-state index is 8.24. The van der Waals surface area contributed by atoms with Crippen LogP contribution in [-0.2, 0) is 0 Å². The number of rotatable bonds is 4. The molecule has 3 heteroatoms.